The third-order valence-corrected chi connectivity index (χ3v) is 7.40. The van der Waals surface area contributed by atoms with Gasteiger partial charge >= 0.3 is 0 Å². The molecule has 1 atom stereocenters. The minimum Gasteiger partial charge on any atom is -0.381 e. The molecule has 28 heavy (non-hydrogen) atoms. The molecule has 8 heteroatoms. The first-order chi connectivity index (χ1) is 13.2. The maximum Gasteiger partial charge on any atom is 0.226 e. The molecule has 1 N–H and O–H groups in total. The predicted molar refractivity (Wildman–Crippen MR) is 102 cm³/mol. The van der Waals surface area contributed by atoms with Crippen molar-refractivity contribution >= 4 is 11.8 Å². The molecule has 3 heterocycles. The van der Waals surface area contributed by atoms with Crippen LogP contribution in [0.5, 0.6) is 0 Å². The van der Waals surface area contributed by atoms with Crippen molar-refractivity contribution in [2.45, 2.75) is 53.6 Å². The van der Waals surface area contributed by atoms with Crippen molar-refractivity contribution in [3.63, 3.8) is 0 Å². The van der Waals surface area contributed by atoms with Gasteiger partial charge in [0, 0.05) is 38.6 Å². The van der Waals surface area contributed by atoms with Crippen molar-refractivity contribution in [3.8, 4) is 0 Å². The fourth-order valence-electron chi connectivity index (χ4n) is 4.78. The fourth-order valence-corrected chi connectivity index (χ4v) is 4.78. The minimum atomic E-state index is -0.0649. The number of fused-ring (bicyclic) bond motifs is 1. The summed E-state index contributed by atoms with van der Waals surface area (Å²) in [7, 11) is 0. The van der Waals surface area contributed by atoms with Crippen molar-refractivity contribution in [1.29, 1.82) is 0 Å². The van der Waals surface area contributed by atoms with Crippen LogP contribution in [0.3, 0.4) is 0 Å². The lowest BCUT2D eigenvalue weighted by atomic mass is 10.0. The van der Waals surface area contributed by atoms with E-state index in [0.717, 1.165) is 18.1 Å². The van der Waals surface area contributed by atoms with E-state index >= 15 is 0 Å². The molecule has 2 amide bonds. The third kappa shape index (κ3) is 3.11. The summed E-state index contributed by atoms with van der Waals surface area (Å²) >= 11 is 0. The number of amides is 2. The van der Waals surface area contributed by atoms with Crippen molar-refractivity contribution in [2.24, 2.45) is 22.7 Å². The first kappa shape index (κ1) is 19.4. The monoisotopic (exact) mass is 389 g/mol. The van der Waals surface area contributed by atoms with Gasteiger partial charge in [0.25, 0.3) is 0 Å². The highest BCUT2D eigenvalue weighted by molar-refractivity contribution is 5.84. The van der Waals surface area contributed by atoms with Gasteiger partial charge in [-0.1, -0.05) is 27.7 Å². The average molecular weight is 390 g/mol. The smallest absolute Gasteiger partial charge is 0.226 e. The normalized spacial score (nSPS) is 25.9. The van der Waals surface area contributed by atoms with Gasteiger partial charge in [-0.25, -0.2) is 0 Å². The Morgan fingerprint density at radius 1 is 1.14 bits per heavy atom. The Labute approximate surface area is 166 Å². The van der Waals surface area contributed by atoms with Gasteiger partial charge in [-0.15, -0.1) is 10.2 Å². The van der Waals surface area contributed by atoms with E-state index in [-0.39, 0.29) is 34.5 Å². The van der Waals surface area contributed by atoms with Crippen molar-refractivity contribution < 1.29 is 14.3 Å². The predicted octanol–water partition coefficient (Wildman–Crippen LogP) is 0.998. The summed E-state index contributed by atoms with van der Waals surface area (Å²) in [6.07, 6.45) is 1.46. The molecule has 1 saturated carbocycles. The van der Waals surface area contributed by atoms with E-state index in [1.165, 1.54) is 0 Å². The van der Waals surface area contributed by atoms with Gasteiger partial charge in [0.15, 0.2) is 5.82 Å². The van der Waals surface area contributed by atoms with Crippen LogP contribution in [0.15, 0.2) is 0 Å². The molecule has 0 unspecified atom stereocenters. The molecule has 1 aromatic rings. The van der Waals surface area contributed by atoms with Crippen molar-refractivity contribution in [2.75, 3.05) is 26.3 Å². The van der Waals surface area contributed by atoms with Gasteiger partial charge in [0.1, 0.15) is 5.82 Å². The quantitative estimate of drug-likeness (QED) is 0.830. The molecule has 3 aliphatic rings. The Balaban J connectivity index is 1.37. The average Bonchev–Trinajstić information content (AvgIpc) is 3.07. The molecule has 0 spiro atoms. The van der Waals surface area contributed by atoms with E-state index in [0.29, 0.717) is 45.8 Å². The number of hydrogen-bond donors (Lipinski definition) is 1. The van der Waals surface area contributed by atoms with E-state index in [2.05, 4.69) is 47.8 Å². The second kappa shape index (κ2) is 6.83. The number of hydrogen-bond acceptors (Lipinski definition) is 5. The van der Waals surface area contributed by atoms with Crippen LogP contribution in [0.1, 0.15) is 45.8 Å². The Morgan fingerprint density at radius 3 is 2.54 bits per heavy atom. The Hall–Kier alpha value is -1.96. The van der Waals surface area contributed by atoms with Crippen LogP contribution < -0.4 is 5.32 Å². The van der Waals surface area contributed by atoms with Crippen molar-refractivity contribution in [1.82, 2.24) is 25.0 Å². The zero-order valence-electron chi connectivity index (χ0n) is 17.3. The molecule has 4 rings (SSSR count). The van der Waals surface area contributed by atoms with Crippen LogP contribution in [0.25, 0.3) is 0 Å². The van der Waals surface area contributed by atoms with Crippen LogP contribution in [0.4, 0.5) is 0 Å². The largest absolute Gasteiger partial charge is 0.381 e. The number of carbonyl (C=O) groups excluding carboxylic acids is 2. The van der Waals surface area contributed by atoms with Crippen LogP contribution in [-0.4, -0.2) is 57.8 Å². The number of ether oxygens (including phenoxy) is 1. The second-order valence-electron chi connectivity index (χ2n) is 9.41. The maximum absolute atomic E-state index is 13.1. The summed E-state index contributed by atoms with van der Waals surface area (Å²) in [6, 6.07) is 0. The highest BCUT2D eigenvalue weighted by Crippen LogP contribution is 2.68. The zero-order chi connectivity index (χ0) is 20.1. The molecule has 2 aliphatic heterocycles. The number of rotatable bonds is 4. The van der Waals surface area contributed by atoms with E-state index in [4.69, 9.17) is 4.74 Å². The van der Waals surface area contributed by atoms with Crippen LogP contribution >= 0.6 is 0 Å². The molecule has 0 radical (unpaired) electrons. The highest BCUT2D eigenvalue weighted by atomic mass is 16.5. The lowest BCUT2D eigenvalue weighted by Gasteiger charge is -2.21. The molecular weight excluding hydrogens is 358 g/mol. The van der Waals surface area contributed by atoms with Gasteiger partial charge in [-0.2, -0.15) is 0 Å². The summed E-state index contributed by atoms with van der Waals surface area (Å²) in [5.41, 5.74) is 0.0931. The van der Waals surface area contributed by atoms with Gasteiger partial charge in [0.05, 0.1) is 19.1 Å². The third-order valence-electron chi connectivity index (χ3n) is 7.40. The summed E-state index contributed by atoms with van der Waals surface area (Å²) in [5, 5.41) is 11.5. The molecular formula is C20H31N5O3. The van der Waals surface area contributed by atoms with Gasteiger partial charge in [-0.3, -0.25) is 9.59 Å². The molecule has 1 saturated heterocycles. The lowest BCUT2D eigenvalue weighted by molar-refractivity contribution is -0.133. The highest BCUT2D eigenvalue weighted by Gasteiger charge is 2.68. The summed E-state index contributed by atoms with van der Waals surface area (Å²) in [6.45, 7) is 12.2. The Kier molecular flexibility index (Phi) is 4.72. The van der Waals surface area contributed by atoms with E-state index in [1.54, 1.807) is 0 Å². The summed E-state index contributed by atoms with van der Waals surface area (Å²) < 4.78 is 7.34. The molecule has 0 aromatic carbocycles. The topological polar surface area (TPSA) is 89.3 Å². The molecule has 154 valence electrons. The Morgan fingerprint density at radius 2 is 1.89 bits per heavy atom. The van der Waals surface area contributed by atoms with Crippen LogP contribution in [0.2, 0.25) is 0 Å². The fraction of sp³-hybridized carbons (Fsp3) is 0.800. The number of carbonyl (C=O) groups is 2. The second-order valence-corrected chi connectivity index (χ2v) is 9.41. The first-order valence-corrected chi connectivity index (χ1v) is 10.3. The molecule has 8 nitrogen and oxygen atoms in total. The van der Waals surface area contributed by atoms with E-state index in [1.807, 2.05) is 4.90 Å². The number of nitrogens with one attached hydrogen (secondary N) is 1. The van der Waals surface area contributed by atoms with E-state index in [9.17, 15) is 9.59 Å². The SMILES string of the molecule is CC1(C)C(C(=O)N2CCc3nnc(CNC(=O)[C@@H]4CCOC4)n3CC2)C1(C)C. The van der Waals surface area contributed by atoms with Gasteiger partial charge in [0.2, 0.25) is 11.8 Å². The van der Waals surface area contributed by atoms with Crippen molar-refractivity contribution in [3.05, 3.63) is 11.6 Å². The van der Waals surface area contributed by atoms with Crippen LogP contribution in [0, 0.1) is 22.7 Å². The number of nitrogens with zero attached hydrogens (tertiary/aromatic N) is 4. The van der Waals surface area contributed by atoms with Gasteiger partial charge in [-0.05, 0) is 17.3 Å². The Bertz CT molecular complexity index is 765. The summed E-state index contributed by atoms with van der Waals surface area (Å²) in [4.78, 5) is 27.3. The van der Waals surface area contributed by atoms with Gasteiger partial charge < -0.3 is 19.5 Å². The van der Waals surface area contributed by atoms with E-state index < -0.39 is 0 Å². The number of aromatic nitrogens is 3. The lowest BCUT2D eigenvalue weighted by Crippen LogP contribution is -2.36. The summed E-state index contributed by atoms with van der Waals surface area (Å²) in [5.74, 6) is 1.92. The zero-order valence-corrected chi connectivity index (χ0v) is 17.3. The first-order valence-electron chi connectivity index (χ1n) is 10.3. The van der Waals surface area contributed by atoms with Crippen LogP contribution in [-0.2, 0) is 33.8 Å². The maximum atomic E-state index is 13.1. The molecule has 2 fully saturated rings. The molecule has 1 aliphatic carbocycles. The standard InChI is InChI=1S/C20H31N5O3/c1-19(2)16(20(19,3)4)18(27)24-7-5-14-22-23-15(25(14)9-8-24)11-21-17(26)13-6-10-28-12-13/h13,16H,5-12H2,1-4H3,(H,21,26)/t13-/m1/s1. The molecule has 0 bridgehead atoms. The molecule has 1 aromatic heterocycles. The minimum absolute atomic E-state index is 0.0125.